The zero-order valence-electron chi connectivity index (χ0n) is 13.5. The van der Waals surface area contributed by atoms with Crippen molar-refractivity contribution in [2.75, 3.05) is 26.7 Å². The molecule has 20 heavy (non-hydrogen) atoms. The highest BCUT2D eigenvalue weighted by atomic mass is 15.2. The van der Waals surface area contributed by atoms with Gasteiger partial charge in [-0.3, -0.25) is 9.89 Å². The average molecular weight is 280 g/mol. The van der Waals surface area contributed by atoms with E-state index in [1.165, 1.54) is 51.6 Å². The Hall–Kier alpha value is -0.770. The van der Waals surface area contributed by atoms with E-state index in [2.05, 4.69) is 34.4 Å². The maximum absolute atomic E-state index is 4.36. The molecule has 2 unspecified atom stereocenters. The predicted octanol–water partition coefficient (Wildman–Crippen LogP) is 2.21. The lowest BCUT2D eigenvalue weighted by Crippen LogP contribution is -2.49. The molecule has 1 aliphatic carbocycles. The molecule has 4 nitrogen and oxygen atoms in total. The summed E-state index contributed by atoms with van der Waals surface area (Å²) in [5, 5.41) is 7.06. The third kappa shape index (κ3) is 4.65. The number of piperidine rings is 1. The van der Waals surface area contributed by atoms with Crippen molar-refractivity contribution in [2.45, 2.75) is 64.5 Å². The highest BCUT2D eigenvalue weighted by molar-refractivity contribution is 5.80. The molecule has 2 fully saturated rings. The summed E-state index contributed by atoms with van der Waals surface area (Å²) in [5.41, 5.74) is 0. The molecule has 1 saturated heterocycles. The second-order valence-electron chi connectivity index (χ2n) is 6.67. The summed E-state index contributed by atoms with van der Waals surface area (Å²) < 4.78 is 0. The van der Waals surface area contributed by atoms with E-state index in [4.69, 9.17) is 0 Å². The molecule has 2 N–H and O–H groups in total. The smallest absolute Gasteiger partial charge is 0.191 e. The topological polar surface area (TPSA) is 39.7 Å². The Morgan fingerprint density at radius 3 is 2.65 bits per heavy atom. The predicted molar refractivity (Wildman–Crippen MR) is 86.2 cm³/mol. The van der Waals surface area contributed by atoms with Gasteiger partial charge in [-0.25, -0.2) is 0 Å². The summed E-state index contributed by atoms with van der Waals surface area (Å²) in [6.07, 6.45) is 8.04. The molecule has 1 heterocycles. The molecular weight excluding hydrogens is 248 g/mol. The van der Waals surface area contributed by atoms with Crippen molar-refractivity contribution in [1.29, 1.82) is 0 Å². The Morgan fingerprint density at radius 1 is 1.25 bits per heavy atom. The van der Waals surface area contributed by atoms with Gasteiger partial charge in [0.2, 0.25) is 0 Å². The number of nitrogens with one attached hydrogen (secondary N) is 2. The van der Waals surface area contributed by atoms with Crippen LogP contribution in [0.3, 0.4) is 0 Å². The fourth-order valence-electron chi connectivity index (χ4n) is 3.46. The van der Waals surface area contributed by atoms with E-state index in [1.807, 2.05) is 7.05 Å². The van der Waals surface area contributed by atoms with Crippen molar-refractivity contribution < 1.29 is 0 Å². The summed E-state index contributed by atoms with van der Waals surface area (Å²) in [7, 11) is 1.87. The van der Waals surface area contributed by atoms with Crippen molar-refractivity contribution in [2.24, 2.45) is 10.9 Å². The van der Waals surface area contributed by atoms with E-state index in [0.717, 1.165) is 18.4 Å². The minimum atomic E-state index is 0.583. The molecule has 116 valence electrons. The summed E-state index contributed by atoms with van der Waals surface area (Å²) >= 11 is 0. The lowest BCUT2D eigenvalue weighted by atomic mass is 9.99. The van der Waals surface area contributed by atoms with Gasteiger partial charge in [-0.2, -0.15) is 0 Å². The van der Waals surface area contributed by atoms with Crippen LogP contribution in [-0.4, -0.2) is 49.6 Å². The Labute approximate surface area is 124 Å². The van der Waals surface area contributed by atoms with Crippen LogP contribution in [0, 0.1) is 5.92 Å². The van der Waals surface area contributed by atoms with Gasteiger partial charge in [0.1, 0.15) is 0 Å². The SMILES string of the molecule is CN=C(NCC(C)N1CCCC(C)C1)NC1CCCC1. The van der Waals surface area contributed by atoms with Crippen LogP contribution >= 0.6 is 0 Å². The van der Waals surface area contributed by atoms with Gasteiger partial charge in [0.15, 0.2) is 5.96 Å². The first-order chi connectivity index (χ1) is 9.69. The number of rotatable bonds is 4. The second kappa shape index (κ2) is 7.87. The molecule has 0 radical (unpaired) electrons. The second-order valence-corrected chi connectivity index (χ2v) is 6.67. The standard InChI is InChI=1S/C16H32N4/c1-13-7-6-10-20(12-13)14(2)11-18-16(17-3)19-15-8-4-5-9-15/h13-15H,4-12H2,1-3H3,(H2,17,18,19). The maximum Gasteiger partial charge on any atom is 0.191 e. The van der Waals surface area contributed by atoms with Crippen molar-refractivity contribution in [3.8, 4) is 0 Å². The summed E-state index contributed by atoms with van der Waals surface area (Å²) in [4.78, 5) is 6.97. The highest BCUT2D eigenvalue weighted by Gasteiger charge is 2.21. The van der Waals surface area contributed by atoms with Crippen molar-refractivity contribution in [3.63, 3.8) is 0 Å². The first kappa shape index (κ1) is 15.6. The first-order valence-corrected chi connectivity index (χ1v) is 8.40. The molecule has 4 heteroatoms. The van der Waals surface area contributed by atoms with Crippen LogP contribution in [0.15, 0.2) is 4.99 Å². The van der Waals surface area contributed by atoms with Crippen LogP contribution in [0.5, 0.6) is 0 Å². The zero-order chi connectivity index (χ0) is 14.4. The number of likely N-dealkylation sites (tertiary alicyclic amines) is 1. The van der Waals surface area contributed by atoms with E-state index < -0.39 is 0 Å². The van der Waals surface area contributed by atoms with E-state index in [1.54, 1.807) is 0 Å². The maximum atomic E-state index is 4.36. The molecule has 2 atom stereocenters. The van der Waals surface area contributed by atoms with Crippen LogP contribution in [0.4, 0.5) is 0 Å². The highest BCUT2D eigenvalue weighted by Crippen LogP contribution is 2.18. The monoisotopic (exact) mass is 280 g/mol. The molecule has 0 spiro atoms. The largest absolute Gasteiger partial charge is 0.355 e. The van der Waals surface area contributed by atoms with Gasteiger partial charge in [0, 0.05) is 32.2 Å². The van der Waals surface area contributed by atoms with Gasteiger partial charge in [0.25, 0.3) is 0 Å². The summed E-state index contributed by atoms with van der Waals surface area (Å²) in [5.74, 6) is 1.83. The molecule has 0 aromatic rings. The van der Waals surface area contributed by atoms with Crippen LogP contribution in [-0.2, 0) is 0 Å². The Kier molecular flexibility index (Phi) is 6.14. The number of aliphatic imine (C=N–C) groups is 1. The molecule has 0 aromatic heterocycles. The fourth-order valence-corrected chi connectivity index (χ4v) is 3.46. The quantitative estimate of drug-likeness (QED) is 0.613. The molecule has 2 rings (SSSR count). The summed E-state index contributed by atoms with van der Waals surface area (Å²) in [6, 6.07) is 1.21. The molecule has 0 amide bonds. The van der Waals surface area contributed by atoms with E-state index in [0.29, 0.717) is 12.1 Å². The van der Waals surface area contributed by atoms with E-state index in [9.17, 15) is 0 Å². The zero-order valence-corrected chi connectivity index (χ0v) is 13.5. The normalized spacial score (nSPS) is 27.6. The van der Waals surface area contributed by atoms with Gasteiger partial charge in [0.05, 0.1) is 0 Å². The number of hydrogen-bond donors (Lipinski definition) is 2. The lowest BCUT2D eigenvalue weighted by Gasteiger charge is -2.35. The molecule has 0 bridgehead atoms. The molecule has 1 saturated carbocycles. The number of nitrogens with zero attached hydrogens (tertiary/aromatic N) is 2. The van der Waals surface area contributed by atoms with Crippen LogP contribution in [0.25, 0.3) is 0 Å². The van der Waals surface area contributed by atoms with Crippen molar-refractivity contribution in [1.82, 2.24) is 15.5 Å². The van der Waals surface area contributed by atoms with Crippen LogP contribution in [0.1, 0.15) is 52.4 Å². The minimum Gasteiger partial charge on any atom is -0.355 e. The van der Waals surface area contributed by atoms with Gasteiger partial charge in [-0.05, 0) is 45.1 Å². The average Bonchev–Trinajstić information content (AvgIpc) is 2.96. The van der Waals surface area contributed by atoms with Gasteiger partial charge in [-0.1, -0.05) is 19.8 Å². The third-order valence-electron chi connectivity index (χ3n) is 4.80. The van der Waals surface area contributed by atoms with Crippen LogP contribution in [0.2, 0.25) is 0 Å². The first-order valence-electron chi connectivity index (χ1n) is 8.40. The number of guanidine groups is 1. The molecule has 1 aliphatic heterocycles. The van der Waals surface area contributed by atoms with Gasteiger partial charge >= 0.3 is 0 Å². The molecule has 0 aromatic carbocycles. The Bertz CT molecular complexity index is 310. The molecule has 2 aliphatic rings. The van der Waals surface area contributed by atoms with Crippen molar-refractivity contribution >= 4 is 5.96 Å². The Balaban J connectivity index is 1.71. The van der Waals surface area contributed by atoms with Crippen molar-refractivity contribution in [3.05, 3.63) is 0 Å². The lowest BCUT2D eigenvalue weighted by molar-refractivity contribution is 0.139. The van der Waals surface area contributed by atoms with E-state index in [-0.39, 0.29) is 0 Å². The van der Waals surface area contributed by atoms with Gasteiger partial charge < -0.3 is 10.6 Å². The van der Waals surface area contributed by atoms with E-state index >= 15 is 0 Å². The summed E-state index contributed by atoms with van der Waals surface area (Å²) in [6.45, 7) is 8.18. The minimum absolute atomic E-state index is 0.583. The molecular formula is C16H32N4. The van der Waals surface area contributed by atoms with Crippen LogP contribution < -0.4 is 10.6 Å². The third-order valence-corrected chi connectivity index (χ3v) is 4.80. The fraction of sp³-hybridized carbons (Fsp3) is 0.938. The Morgan fingerprint density at radius 2 is 2.00 bits per heavy atom. The van der Waals surface area contributed by atoms with Gasteiger partial charge in [-0.15, -0.1) is 0 Å². The number of hydrogen-bond acceptors (Lipinski definition) is 2.